The number of ether oxygens (including phenoxy) is 4. The van der Waals surface area contributed by atoms with E-state index in [4.69, 9.17) is 18.9 Å². The lowest BCUT2D eigenvalue weighted by molar-refractivity contribution is 0.117. The zero-order valence-electron chi connectivity index (χ0n) is 35.2. The Morgan fingerprint density at radius 2 is 0.466 bits per heavy atom. The molecule has 0 amide bonds. The summed E-state index contributed by atoms with van der Waals surface area (Å²) in [4.78, 5) is 0. The molecule has 0 unspecified atom stereocenters. The number of hydrogen-bond acceptors (Lipinski definition) is 6. The van der Waals surface area contributed by atoms with Gasteiger partial charge in [-0.3, -0.25) is 0 Å². The molecule has 0 radical (unpaired) electrons. The number of hydrogen-bond donors (Lipinski definition) is 2. The molecule has 0 fully saturated rings. The van der Waals surface area contributed by atoms with Crippen LogP contribution in [0.2, 0.25) is 0 Å². The second kappa shape index (κ2) is 29.3. The molecular formula is C52H70N2O4. The number of allylic oxidation sites excluding steroid dienone is 4. The van der Waals surface area contributed by atoms with E-state index in [2.05, 4.69) is 132 Å². The van der Waals surface area contributed by atoms with Gasteiger partial charge in [-0.15, -0.1) is 0 Å². The van der Waals surface area contributed by atoms with Gasteiger partial charge < -0.3 is 29.6 Å². The highest BCUT2D eigenvalue weighted by Crippen LogP contribution is 2.12. The second-order valence-corrected chi connectivity index (χ2v) is 15.6. The second-order valence-electron chi connectivity index (χ2n) is 15.6. The van der Waals surface area contributed by atoms with Crippen LogP contribution in [0.25, 0.3) is 0 Å². The van der Waals surface area contributed by atoms with Crippen LogP contribution in [0.3, 0.4) is 0 Å². The highest BCUT2D eigenvalue weighted by Gasteiger charge is 2.02. The van der Waals surface area contributed by atoms with E-state index >= 15 is 0 Å². The Bertz CT molecular complexity index is 1420. The van der Waals surface area contributed by atoms with Crippen LogP contribution in [0.15, 0.2) is 121 Å². The summed E-state index contributed by atoms with van der Waals surface area (Å²) in [7, 11) is 0. The monoisotopic (exact) mass is 787 g/mol. The van der Waals surface area contributed by atoms with E-state index in [1.165, 1.54) is 44.5 Å². The fourth-order valence-corrected chi connectivity index (χ4v) is 6.81. The van der Waals surface area contributed by atoms with E-state index in [-0.39, 0.29) is 0 Å². The zero-order valence-corrected chi connectivity index (χ0v) is 35.2. The fourth-order valence-electron chi connectivity index (χ4n) is 6.81. The largest absolute Gasteiger partial charge is 0.377 e. The van der Waals surface area contributed by atoms with Crippen molar-refractivity contribution in [2.24, 2.45) is 0 Å². The minimum atomic E-state index is 0.675. The maximum absolute atomic E-state index is 5.96. The lowest BCUT2D eigenvalue weighted by Crippen LogP contribution is -2.12. The van der Waals surface area contributed by atoms with Crippen molar-refractivity contribution in [2.75, 3.05) is 26.4 Å². The van der Waals surface area contributed by atoms with Crippen molar-refractivity contribution in [3.63, 3.8) is 0 Å². The summed E-state index contributed by atoms with van der Waals surface area (Å²) in [6.07, 6.45) is 22.8. The van der Waals surface area contributed by atoms with Crippen molar-refractivity contribution in [2.45, 2.75) is 130 Å². The molecule has 58 heavy (non-hydrogen) atoms. The highest BCUT2D eigenvalue weighted by molar-refractivity contribution is 5.25. The van der Waals surface area contributed by atoms with Crippen molar-refractivity contribution in [1.29, 1.82) is 0 Å². The Balaban J connectivity index is 0.981. The summed E-state index contributed by atoms with van der Waals surface area (Å²) in [5.74, 6) is 0. The summed E-state index contributed by atoms with van der Waals surface area (Å²) in [6, 6.07) is 35.1. The first-order valence-corrected chi connectivity index (χ1v) is 22.1. The van der Waals surface area contributed by atoms with Gasteiger partial charge in [-0.05, 0) is 122 Å². The molecule has 312 valence electrons. The van der Waals surface area contributed by atoms with Crippen molar-refractivity contribution in [3.05, 3.63) is 166 Å². The number of rotatable bonds is 0. The van der Waals surface area contributed by atoms with Crippen molar-refractivity contribution in [1.82, 2.24) is 10.6 Å². The summed E-state index contributed by atoms with van der Waals surface area (Å²) < 4.78 is 23.8. The third kappa shape index (κ3) is 20.2. The molecule has 2 N–H and O–H groups in total. The average molecular weight is 787 g/mol. The first-order valence-electron chi connectivity index (χ1n) is 22.1. The Labute approximate surface area is 350 Å². The first kappa shape index (κ1) is 45.2. The maximum Gasteiger partial charge on any atom is 0.0716 e. The standard InChI is InChI=1S/C52H70N2O4/c1-2-6-10-14-34-56-42-50-27-19-46(20-28-50)38-54-40-48-23-31-52(32-24-48)44-58-36-16-12-8-4-3-7-11-15-35-57-43-51-29-21-47(22-30-51)39-53-37-45-17-25-49(26-18-45)41-55-33-13-9-5-1/h1-4,17-32,53-54H,5-16,33-44H2. The fraction of sp³-hybridized carbons (Fsp3) is 0.462. The molecule has 6 nitrogen and oxygen atoms in total. The Kier molecular flexibility index (Phi) is 22.9. The number of benzene rings is 4. The van der Waals surface area contributed by atoms with Crippen LogP contribution in [-0.2, 0) is 71.6 Å². The first-order chi connectivity index (χ1) is 28.8. The molecule has 11 rings (SSSR count). The molecule has 0 aliphatic carbocycles. The third-order valence-electron chi connectivity index (χ3n) is 10.5. The summed E-state index contributed by atoms with van der Waals surface area (Å²) in [5.41, 5.74) is 10.1. The molecule has 7 aliphatic heterocycles. The summed E-state index contributed by atoms with van der Waals surface area (Å²) in [6.45, 7) is 9.32. The lowest BCUT2D eigenvalue weighted by atomic mass is 10.1. The van der Waals surface area contributed by atoms with E-state index in [0.29, 0.717) is 26.4 Å². The van der Waals surface area contributed by atoms with Gasteiger partial charge >= 0.3 is 0 Å². The van der Waals surface area contributed by atoms with Gasteiger partial charge in [-0.1, -0.05) is 121 Å². The summed E-state index contributed by atoms with van der Waals surface area (Å²) in [5, 5.41) is 7.16. The highest BCUT2D eigenvalue weighted by atomic mass is 16.5. The minimum Gasteiger partial charge on any atom is -0.377 e. The Morgan fingerprint density at radius 1 is 0.259 bits per heavy atom. The van der Waals surface area contributed by atoms with Crippen molar-refractivity contribution >= 4 is 0 Å². The normalized spacial score (nSPS) is 18.2. The van der Waals surface area contributed by atoms with Gasteiger partial charge in [0.05, 0.1) is 26.4 Å². The SMILES string of the molecule is C1=CCCCCOCc2ccc(cc2)CNCc2ccc(cc2)COCCCCC=CCCCCOCc2ccc(cc2)CNCc2ccc(cc2)COCCCC1. The smallest absolute Gasteiger partial charge is 0.0716 e. The summed E-state index contributed by atoms with van der Waals surface area (Å²) >= 11 is 0. The molecule has 0 saturated heterocycles. The molecule has 4 aromatic rings. The van der Waals surface area contributed by atoms with Crippen molar-refractivity contribution < 1.29 is 18.9 Å². The minimum absolute atomic E-state index is 0.675. The average Bonchev–Trinajstić information content (AvgIpc) is 3.25. The van der Waals surface area contributed by atoms with E-state index in [9.17, 15) is 0 Å². The molecule has 0 aromatic heterocycles. The van der Waals surface area contributed by atoms with Gasteiger partial charge in [0.15, 0.2) is 0 Å². The molecule has 7 heterocycles. The van der Waals surface area contributed by atoms with Gasteiger partial charge in [-0.25, -0.2) is 0 Å². The molecule has 0 saturated carbocycles. The molecule has 6 heteroatoms. The van der Waals surface area contributed by atoms with Crippen molar-refractivity contribution in [3.8, 4) is 0 Å². The van der Waals surface area contributed by atoms with Gasteiger partial charge in [0.25, 0.3) is 0 Å². The molecule has 0 atom stereocenters. The quantitative estimate of drug-likeness (QED) is 0.173. The van der Waals surface area contributed by atoms with E-state index in [1.807, 2.05) is 0 Å². The van der Waals surface area contributed by atoms with Crippen LogP contribution in [0, 0.1) is 0 Å². The number of nitrogens with one attached hydrogen (secondary N) is 2. The van der Waals surface area contributed by atoms with Crippen LogP contribution in [-0.4, -0.2) is 26.4 Å². The molecular weight excluding hydrogens is 717 g/mol. The van der Waals surface area contributed by atoms with Crippen LogP contribution < -0.4 is 10.6 Å². The van der Waals surface area contributed by atoms with Crippen LogP contribution in [0.1, 0.15) is 122 Å². The Hall–Kier alpha value is -3.88. The Morgan fingerprint density at radius 3 is 0.690 bits per heavy atom. The zero-order chi connectivity index (χ0) is 40.0. The van der Waals surface area contributed by atoms with Crippen LogP contribution >= 0.6 is 0 Å². The van der Waals surface area contributed by atoms with Gasteiger partial charge in [0.2, 0.25) is 0 Å². The van der Waals surface area contributed by atoms with Crippen LogP contribution in [0.5, 0.6) is 0 Å². The van der Waals surface area contributed by atoms with E-state index in [1.54, 1.807) is 0 Å². The van der Waals surface area contributed by atoms with E-state index < -0.39 is 0 Å². The predicted molar refractivity (Wildman–Crippen MR) is 239 cm³/mol. The van der Waals surface area contributed by atoms with Gasteiger partial charge in [0.1, 0.15) is 0 Å². The molecule has 7 aliphatic rings. The topological polar surface area (TPSA) is 61.0 Å². The molecule has 4 aromatic carbocycles. The van der Waals surface area contributed by atoms with Gasteiger partial charge in [0, 0.05) is 52.6 Å². The third-order valence-corrected chi connectivity index (χ3v) is 10.5. The molecule has 8 bridgehead atoms. The molecule has 0 spiro atoms. The van der Waals surface area contributed by atoms with Gasteiger partial charge in [-0.2, -0.15) is 0 Å². The lowest BCUT2D eigenvalue weighted by Gasteiger charge is -2.09. The van der Waals surface area contributed by atoms with E-state index in [0.717, 1.165) is 130 Å². The van der Waals surface area contributed by atoms with Crippen LogP contribution in [0.4, 0.5) is 0 Å². The predicted octanol–water partition coefficient (Wildman–Crippen LogP) is 11.8. The maximum atomic E-state index is 5.96.